The molecule has 0 aliphatic carbocycles. The average Bonchev–Trinajstić information content (AvgIpc) is 2.91. The third kappa shape index (κ3) is 2.98. The Kier molecular flexibility index (Phi) is 4.52. The molecule has 1 aliphatic heterocycles. The summed E-state index contributed by atoms with van der Waals surface area (Å²) in [6.07, 6.45) is -0.117. The van der Waals surface area contributed by atoms with Gasteiger partial charge in [0.25, 0.3) is 11.8 Å². The van der Waals surface area contributed by atoms with E-state index in [0.717, 1.165) is 4.90 Å². The van der Waals surface area contributed by atoms with E-state index in [1.54, 1.807) is 55.6 Å². The number of benzene rings is 2. The lowest BCUT2D eigenvalue weighted by Gasteiger charge is -2.26. The highest BCUT2D eigenvalue weighted by molar-refractivity contribution is 6.21. The van der Waals surface area contributed by atoms with E-state index in [-0.39, 0.29) is 6.42 Å². The SMILES string of the molecule is COC(=O)CC(c1ccc(OC)cc1)N1C(=O)c2ccccc2C1=O. The summed E-state index contributed by atoms with van der Waals surface area (Å²) in [4.78, 5) is 38.5. The van der Waals surface area contributed by atoms with Gasteiger partial charge in [-0.15, -0.1) is 0 Å². The smallest absolute Gasteiger partial charge is 0.307 e. The standard InChI is InChI=1S/C19H17NO5/c1-24-13-9-7-12(8-10-13)16(11-17(21)25-2)20-18(22)14-5-3-4-6-15(14)19(20)23/h3-10,16H,11H2,1-2H3. The van der Waals surface area contributed by atoms with Gasteiger partial charge in [0.2, 0.25) is 0 Å². The van der Waals surface area contributed by atoms with Crippen LogP contribution in [0.25, 0.3) is 0 Å². The monoisotopic (exact) mass is 339 g/mol. The maximum absolute atomic E-state index is 12.7. The summed E-state index contributed by atoms with van der Waals surface area (Å²) < 4.78 is 9.87. The van der Waals surface area contributed by atoms with Crippen LogP contribution in [0.4, 0.5) is 0 Å². The number of carbonyl (C=O) groups excluding carboxylic acids is 3. The predicted octanol–water partition coefficient (Wildman–Crippen LogP) is 2.60. The maximum Gasteiger partial charge on any atom is 0.307 e. The number of nitrogens with zero attached hydrogens (tertiary/aromatic N) is 1. The van der Waals surface area contributed by atoms with Gasteiger partial charge >= 0.3 is 5.97 Å². The van der Waals surface area contributed by atoms with Gasteiger partial charge in [0.05, 0.1) is 37.8 Å². The van der Waals surface area contributed by atoms with Crippen molar-refractivity contribution in [1.82, 2.24) is 4.90 Å². The summed E-state index contributed by atoms with van der Waals surface area (Å²) in [7, 11) is 2.82. The van der Waals surface area contributed by atoms with Crippen LogP contribution in [0.15, 0.2) is 48.5 Å². The molecule has 1 atom stereocenters. The van der Waals surface area contributed by atoms with Crippen molar-refractivity contribution >= 4 is 17.8 Å². The largest absolute Gasteiger partial charge is 0.497 e. The minimum absolute atomic E-state index is 0.117. The number of hydrogen-bond donors (Lipinski definition) is 0. The zero-order valence-corrected chi connectivity index (χ0v) is 13.9. The molecule has 0 saturated carbocycles. The Balaban J connectivity index is 2.01. The molecule has 1 heterocycles. The van der Waals surface area contributed by atoms with Gasteiger partial charge in [-0.2, -0.15) is 0 Å². The second-order valence-electron chi connectivity index (χ2n) is 5.60. The number of hydrogen-bond acceptors (Lipinski definition) is 5. The van der Waals surface area contributed by atoms with Crippen LogP contribution in [0, 0.1) is 0 Å². The quantitative estimate of drug-likeness (QED) is 0.618. The van der Waals surface area contributed by atoms with Crippen LogP contribution in [0.3, 0.4) is 0 Å². The molecule has 6 heteroatoms. The number of imide groups is 1. The third-order valence-electron chi connectivity index (χ3n) is 4.23. The molecule has 0 radical (unpaired) electrons. The summed E-state index contributed by atoms with van der Waals surface area (Å²) in [6, 6.07) is 12.8. The predicted molar refractivity (Wildman–Crippen MR) is 89.3 cm³/mol. The summed E-state index contributed by atoms with van der Waals surface area (Å²) >= 11 is 0. The zero-order valence-electron chi connectivity index (χ0n) is 13.9. The van der Waals surface area contributed by atoms with E-state index in [1.165, 1.54) is 7.11 Å². The van der Waals surface area contributed by atoms with E-state index >= 15 is 0 Å². The lowest BCUT2D eigenvalue weighted by Crippen LogP contribution is -2.35. The molecular weight excluding hydrogens is 322 g/mol. The Bertz CT molecular complexity index is 793. The van der Waals surface area contributed by atoms with Gasteiger partial charge in [-0.1, -0.05) is 24.3 Å². The van der Waals surface area contributed by atoms with E-state index in [2.05, 4.69) is 0 Å². The van der Waals surface area contributed by atoms with Gasteiger partial charge in [0.1, 0.15) is 5.75 Å². The molecule has 0 aromatic heterocycles. The Morgan fingerprint density at radius 1 is 0.960 bits per heavy atom. The highest BCUT2D eigenvalue weighted by Gasteiger charge is 2.41. The number of amides is 2. The molecule has 2 aromatic rings. The lowest BCUT2D eigenvalue weighted by atomic mass is 10.0. The first-order chi connectivity index (χ1) is 12.1. The van der Waals surface area contributed by atoms with Crippen molar-refractivity contribution < 1.29 is 23.9 Å². The van der Waals surface area contributed by atoms with Gasteiger partial charge in [0, 0.05) is 0 Å². The van der Waals surface area contributed by atoms with Crippen LogP contribution in [0.1, 0.15) is 38.7 Å². The van der Waals surface area contributed by atoms with Gasteiger partial charge < -0.3 is 9.47 Å². The second kappa shape index (κ2) is 6.76. The van der Waals surface area contributed by atoms with Crippen molar-refractivity contribution in [2.24, 2.45) is 0 Å². The first-order valence-electron chi connectivity index (χ1n) is 7.74. The highest BCUT2D eigenvalue weighted by Crippen LogP contribution is 2.34. The number of ether oxygens (including phenoxy) is 2. The fourth-order valence-electron chi connectivity index (χ4n) is 2.92. The lowest BCUT2D eigenvalue weighted by molar-refractivity contribution is -0.141. The molecule has 3 rings (SSSR count). The van der Waals surface area contributed by atoms with Crippen molar-refractivity contribution in [2.75, 3.05) is 14.2 Å². The van der Waals surface area contributed by atoms with Crippen LogP contribution < -0.4 is 4.74 Å². The van der Waals surface area contributed by atoms with Gasteiger partial charge in [0.15, 0.2) is 0 Å². The van der Waals surface area contributed by atoms with Crippen LogP contribution in [-0.2, 0) is 9.53 Å². The van der Waals surface area contributed by atoms with E-state index in [9.17, 15) is 14.4 Å². The van der Waals surface area contributed by atoms with E-state index in [1.807, 2.05) is 0 Å². The molecule has 128 valence electrons. The Morgan fingerprint density at radius 2 is 1.52 bits per heavy atom. The molecule has 0 bridgehead atoms. The average molecular weight is 339 g/mol. The van der Waals surface area contributed by atoms with E-state index in [4.69, 9.17) is 9.47 Å². The molecule has 6 nitrogen and oxygen atoms in total. The van der Waals surface area contributed by atoms with Gasteiger partial charge in [-0.05, 0) is 29.8 Å². The Labute approximate surface area is 145 Å². The van der Waals surface area contributed by atoms with E-state index < -0.39 is 23.8 Å². The normalized spacial score (nSPS) is 14.2. The number of carbonyl (C=O) groups is 3. The molecular formula is C19H17NO5. The van der Waals surface area contributed by atoms with Crippen molar-refractivity contribution in [3.05, 3.63) is 65.2 Å². The summed E-state index contributed by atoms with van der Waals surface area (Å²) in [5, 5.41) is 0. The molecule has 2 amide bonds. The number of esters is 1. The fraction of sp³-hybridized carbons (Fsp3) is 0.211. The van der Waals surface area contributed by atoms with Gasteiger partial charge in [-0.3, -0.25) is 19.3 Å². The molecule has 2 aromatic carbocycles. The minimum Gasteiger partial charge on any atom is -0.497 e. The molecule has 1 unspecified atom stereocenters. The molecule has 25 heavy (non-hydrogen) atoms. The summed E-state index contributed by atoms with van der Waals surface area (Å²) in [5.41, 5.74) is 1.34. The second-order valence-corrected chi connectivity index (χ2v) is 5.60. The van der Waals surface area contributed by atoms with Crippen LogP contribution in [0.5, 0.6) is 5.75 Å². The number of fused-ring (bicyclic) bond motifs is 1. The van der Waals surface area contributed by atoms with Crippen LogP contribution in [0.2, 0.25) is 0 Å². The van der Waals surface area contributed by atoms with E-state index in [0.29, 0.717) is 22.4 Å². The third-order valence-corrected chi connectivity index (χ3v) is 4.23. The Hall–Kier alpha value is -3.15. The number of methoxy groups -OCH3 is 2. The topological polar surface area (TPSA) is 72.9 Å². The van der Waals surface area contributed by atoms with Crippen molar-refractivity contribution in [2.45, 2.75) is 12.5 Å². The first kappa shape index (κ1) is 16.7. The summed E-state index contributed by atoms with van der Waals surface area (Å²) in [5.74, 6) is -0.684. The zero-order chi connectivity index (χ0) is 18.0. The molecule has 0 saturated heterocycles. The van der Waals surface area contributed by atoms with Crippen molar-refractivity contribution in [1.29, 1.82) is 0 Å². The van der Waals surface area contributed by atoms with Crippen molar-refractivity contribution in [3.63, 3.8) is 0 Å². The van der Waals surface area contributed by atoms with Crippen LogP contribution in [-0.4, -0.2) is 36.9 Å². The fourth-order valence-corrected chi connectivity index (χ4v) is 2.92. The molecule has 0 N–H and O–H groups in total. The number of rotatable bonds is 5. The summed E-state index contributed by atoms with van der Waals surface area (Å²) in [6.45, 7) is 0. The van der Waals surface area contributed by atoms with Crippen molar-refractivity contribution in [3.8, 4) is 5.75 Å². The molecule has 1 aliphatic rings. The maximum atomic E-state index is 12.7. The Morgan fingerprint density at radius 3 is 2.00 bits per heavy atom. The first-order valence-corrected chi connectivity index (χ1v) is 7.74. The minimum atomic E-state index is -0.745. The van der Waals surface area contributed by atoms with Crippen LogP contribution >= 0.6 is 0 Å². The van der Waals surface area contributed by atoms with Gasteiger partial charge in [-0.25, -0.2) is 0 Å². The molecule has 0 fully saturated rings. The molecule has 0 spiro atoms. The highest BCUT2D eigenvalue weighted by atomic mass is 16.5.